The number of rotatable bonds is 6. The van der Waals surface area contributed by atoms with Crippen molar-refractivity contribution in [2.24, 2.45) is 14.1 Å². The lowest BCUT2D eigenvalue weighted by Crippen LogP contribution is -2.31. The van der Waals surface area contributed by atoms with Crippen LogP contribution in [-0.4, -0.2) is 42.1 Å². The van der Waals surface area contributed by atoms with Crippen LogP contribution in [0, 0.1) is 0 Å². The molecule has 3 aromatic rings. The Bertz CT molecular complexity index is 1130. The quantitative estimate of drug-likeness (QED) is 0.625. The third-order valence-electron chi connectivity index (χ3n) is 4.44. The first-order valence-electron chi connectivity index (χ1n) is 8.22. The van der Waals surface area contributed by atoms with Crippen LogP contribution >= 0.6 is 11.6 Å². The molecular weight excluding hydrogens is 390 g/mol. The predicted molar refractivity (Wildman–Crippen MR) is 105 cm³/mol. The number of aryl methyl sites for hydroxylation is 2. The van der Waals surface area contributed by atoms with Crippen molar-refractivity contribution in [2.75, 3.05) is 20.2 Å². The van der Waals surface area contributed by atoms with Crippen molar-refractivity contribution >= 4 is 32.7 Å². The Hall–Kier alpha value is -2.29. The van der Waals surface area contributed by atoms with Crippen LogP contribution in [0.25, 0.3) is 11.0 Å². The zero-order valence-corrected chi connectivity index (χ0v) is 16.8. The van der Waals surface area contributed by atoms with E-state index >= 15 is 0 Å². The summed E-state index contributed by atoms with van der Waals surface area (Å²) in [6, 6.07) is 11.5. The second-order valence-electron chi connectivity index (χ2n) is 6.18. The zero-order chi connectivity index (χ0) is 19.8. The van der Waals surface area contributed by atoms with Gasteiger partial charge in [0.25, 0.3) is 0 Å². The number of benzene rings is 2. The molecule has 1 heterocycles. The van der Waals surface area contributed by atoms with E-state index in [1.54, 1.807) is 44.4 Å². The van der Waals surface area contributed by atoms with E-state index in [0.717, 1.165) is 0 Å². The molecular formula is C18H20ClN3O4S. The molecule has 0 saturated carbocycles. The van der Waals surface area contributed by atoms with Gasteiger partial charge in [-0.2, -0.15) is 4.31 Å². The van der Waals surface area contributed by atoms with E-state index < -0.39 is 10.0 Å². The molecule has 0 aliphatic heterocycles. The smallest absolute Gasteiger partial charge is 0.328 e. The van der Waals surface area contributed by atoms with Crippen molar-refractivity contribution in [2.45, 2.75) is 4.90 Å². The normalized spacial score (nSPS) is 12.0. The van der Waals surface area contributed by atoms with Crippen LogP contribution in [0.1, 0.15) is 0 Å². The summed E-state index contributed by atoms with van der Waals surface area (Å²) in [6.45, 7) is 0.375. The Morgan fingerprint density at radius 2 is 1.67 bits per heavy atom. The fraction of sp³-hybridized carbons (Fsp3) is 0.278. The molecule has 0 radical (unpaired) electrons. The summed E-state index contributed by atoms with van der Waals surface area (Å²) in [6.07, 6.45) is 0. The van der Waals surface area contributed by atoms with E-state index in [1.165, 1.54) is 32.6 Å². The number of halogens is 1. The number of nitrogens with zero attached hydrogens (tertiary/aromatic N) is 3. The predicted octanol–water partition coefficient (Wildman–Crippen LogP) is 2.23. The minimum absolute atomic E-state index is 0.130. The summed E-state index contributed by atoms with van der Waals surface area (Å²) in [5, 5.41) is 0.604. The summed E-state index contributed by atoms with van der Waals surface area (Å²) in [5.74, 6) is 0.617. The Morgan fingerprint density at radius 1 is 1.04 bits per heavy atom. The van der Waals surface area contributed by atoms with Gasteiger partial charge in [0.05, 0.1) is 15.9 Å². The molecule has 0 atom stereocenters. The molecule has 7 nitrogen and oxygen atoms in total. The Kier molecular flexibility index (Phi) is 5.32. The number of ether oxygens (including phenoxy) is 1. The van der Waals surface area contributed by atoms with Gasteiger partial charge in [0.15, 0.2) is 0 Å². The average molecular weight is 410 g/mol. The highest BCUT2D eigenvalue weighted by molar-refractivity contribution is 7.89. The van der Waals surface area contributed by atoms with Crippen LogP contribution in [0.15, 0.2) is 52.2 Å². The molecule has 0 N–H and O–H groups in total. The molecule has 9 heteroatoms. The Labute approximate surface area is 162 Å². The first kappa shape index (κ1) is 19.5. The molecule has 0 unspecified atom stereocenters. The number of aromatic nitrogens is 2. The van der Waals surface area contributed by atoms with Crippen molar-refractivity contribution in [3.8, 4) is 5.75 Å². The lowest BCUT2D eigenvalue weighted by Gasteiger charge is -2.17. The van der Waals surface area contributed by atoms with Gasteiger partial charge >= 0.3 is 5.69 Å². The number of imidazole rings is 1. The summed E-state index contributed by atoms with van der Waals surface area (Å²) in [7, 11) is 1.06. The van der Waals surface area contributed by atoms with Gasteiger partial charge in [0.1, 0.15) is 12.4 Å². The lowest BCUT2D eigenvalue weighted by atomic mass is 10.3. The number of sulfonamides is 1. The van der Waals surface area contributed by atoms with Gasteiger partial charge in [0.2, 0.25) is 10.0 Å². The maximum absolute atomic E-state index is 12.8. The van der Waals surface area contributed by atoms with Gasteiger partial charge in [-0.1, -0.05) is 11.6 Å². The van der Waals surface area contributed by atoms with Crippen LogP contribution < -0.4 is 10.4 Å². The van der Waals surface area contributed by atoms with Crippen molar-refractivity contribution in [3.05, 3.63) is 58.0 Å². The lowest BCUT2D eigenvalue weighted by molar-refractivity contribution is 0.287. The van der Waals surface area contributed by atoms with Crippen molar-refractivity contribution in [1.82, 2.24) is 13.4 Å². The molecule has 0 amide bonds. The first-order valence-corrected chi connectivity index (χ1v) is 10.0. The minimum atomic E-state index is -3.70. The van der Waals surface area contributed by atoms with E-state index in [0.29, 0.717) is 21.8 Å². The molecule has 2 aromatic carbocycles. The van der Waals surface area contributed by atoms with Gasteiger partial charge in [-0.3, -0.25) is 9.13 Å². The average Bonchev–Trinajstić information content (AvgIpc) is 2.87. The van der Waals surface area contributed by atoms with Gasteiger partial charge < -0.3 is 4.74 Å². The summed E-state index contributed by atoms with van der Waals surface area (Å²) in [5.41, 5.74) is 1.04. The highest BCUT2D eigenvalue weighted by Crippen LogP contribution is 2.21. The van der Waals surface area contributed by atoms with Gasteiger partial charge in [-0.25, -0.2) is 13.2 Å². The third kappa shape index (κ3) is 3.73. The monoisotopic (exact) mass is 409 g/mol. The van der Waals surface area contributed by atoms with Gasteiger partial charge in [-0.15, -0.1) is 0 Å². The van der Waals surface area contributed by atoms with Gasteiger partial charge in [0, 0.05) is 32.7 Å². The van der Waals surface area contributed by atoms with E-state index in [1.807, 2.05) is 0 Å². The topological polar surface area (TPSA) is 73.5 Å². The van der Waals surface area contributed by atoms with Gasteiger partial charge in [-0.05, 0) is 42.5 Å². The second-order valence-corrected chi connectivity index (χ2v) is 8.66. The molecule has 0 aliphatic rings. The van der Waals surface area contributed by atoms with Crippen LogP contribution in [0.4, 0.5) is 0 Å². The maximum atomic E-state index is 12.8. The molecule has 0 spiro atoms. The Morgan fingerprint density at radius 3 is 2.33 bits per heavy atom. The molecule has 0 aliphatic carbocycles. The van der Waals surface area contributed by atoms with Crippen LogP contribution in [0.5, 0.6) is 5.75 Å². The highest BCUT2D eigenvalue weighted by atomic mass is 35.5. The van der Waals surface area contributed by atoms with Crippen LogP contribution in [-0.2, 0) is 24.1 Å². The molecule has 0 bridgehead atoms. The molecule has 0 fully saturated rings. The van der Waals surface area contributed by atoms with Crippen molar-refractivity contribution in [1.29, 1.82) is 0 Å². The molecule has 3 rings (SSSR count). The molecule has 1 aromatic heterocycles. The fourth-order valence-electron chi connectivity index (χ4n) is 2.77. The maximum Gasteiger partial charge on any atom is 0.328 e. The van der Waals surface area contributed by atoms with Crippen molar-refractivity contribution in [3.63, 3.8) is 0 Å². The first-order chi connectivity index (χ1) is 12.7. The fourth-order valence-corrected chi connectivity index (χ4v) is 4.07. The largest absolute Gasteiger partial charge is 0.492 e. The molecule has 0 saturated heterocycles. The Balaban J connectivity index is 1.76. The third-order valence-corrected chi connectivity index (χ3v) is 6.55. The zero-order valence-electron chi connectivity index (χ0n) is 15.2. The minimum Gasteiger partial charge on any atom is -0.492 e. The molecule has 144 valence electrons. The number of likely N-dealkylation sites (N-methyl/N-ethyl adjacent to an activating group) is 1. The summed E-state index contributed by atoms with van der Waals surface area (Å²) < 4.78 is 35.3. The van der Waals surface area contributed by atoms with E-state index in [2.05, 4.69) is 0 Å². The molecule has 27 heavy (non-hydrogen) atoms. The SMILES string of the molecule is CN(CCOc1ccc(Cl)cc1)S(=O)(=O)c1ccc2c(c1)n(C)c(=O)n2C. The highest BCUT2D eigenvalue weighted by Gasteiger charge is 2.22. The van der Waals surface area contributed by atoms with Crippen LogP contribution in [0.3, 0.4) is 0 Å². The number of hydrogen-bond acceptors (Lipinski definition) is 4. The van der Waals surface area contributed by atoms with Crippen LogP contribution in [0.2, 0.25) is 5.02 Å². The van der Waals surface area contributed by atoms with E-state index in [4.69, 9.17) is 16.3 Å². The standard InChI is InChI=1S/C18H20ClN3O4S/c1-20(10-11-26-14-6-4-13(19)5-7-14)27(24,25)15-8-9-16-17(12-15)22(3)18(23)21(16)2/h4-9,12H,10-11H2,1-3H3. The second kappa shape index (κ2) is 7.38. The summed E-state index contributed by atoms with van der Waals surface area (Å²) in [4.78, 5) is 12.2. The van der Waals surface area contributed by atoms with E-state index in [9.17, 15) is 13.2 Å². The number of fused-ring (bicyclic) bond motifs is 1. The number of hydrogen-bond donors (Lipinski definition) is 0. The summed E-state index contributed by atoms with van der Waals surface area (Å²) >= 11 is 5.82. The van der Waals surface area contributed by atoms with E-state index in [-0.39, 0.29) is 23.7 Å². The van der Waals surface area contributed by atoms with Crippen molar-refractivity contribution < 1.29 is 13.2 Å².